The van der Waals surface area contributed by atoms with Crippen LogP contribution in [-0.4, -0.2) is 15.2 Å². The number of nitrogens with zero attached hydrogens (tertiary/aromatic N) is 2. The molecule has 0 radical (unpaired) electrons. The minimum absolute atomic E-state index is 0.247. The number of aromatic amines is 1. The summed E-state index contributed by atoms with van der Waals surface area (Å²) in [5, 5.41) is 7.25. The third kappa shape index (κ3) is 2.79. The first kappa shape index (κ1) is 10.6. The molecule has 0 spiro atoms. The number of halogens is 2. The molecule has 0 aliphatic rings. The fourth-order valence-corrected chi connectivity index (χ4v) is 2.19. The molecule has 1 N–H and O–H groups in total. The minimum Gasteiger partial charge on any atom is -0.254 e. The summed E-state index contributed by atoms with van der Waals surface area (Å²) in [6, 6.07) is 4.96. The van der Waals surface area contributed by atoms with Crippen LogP contribution in [-0.2, 0) is 5.75 Å². The Morgan fingerprint density at radius 3 is 3.00 bits per heavy atom. The van der Waals surface area contributed by atoms with Crippen LogP contribution in [0.1, 0.15) is 5.56 Å². The van der Waals surface area contributed by atoms with E-state index in [4.69, 9.17) is 0 Å². The van der Waals surface area contributed by atoms with E-state index in [0.29, 0.717) is 4.47 Å². The Morgan fingerprint density at radius 2 is 2.33 bits per heavy atom. The Kier molecular flexibility index (Phi) is 3.37. The summed E-state index contributed by atoms with van der Waals surface area (Å²) in [5.74, 6) is 0.483. The zero-order valence-electron chi connectivity index (χ0n) is 7.58. The van der Waals surface area contributed by atoms with Crippen LogP contribution in [0.3, 0.4) is 0 Å². The summed E-state index contributed by atoms with van der Waals surface area (Å²) < 4.78 is 13.4. The lowest BCUT2D eigenvalue weighted by atomic mass is 10.2. The SMILES string of the molecule is Fc1ccc(CSc2ncn[nH]2)cc1Br. The molecule has 6 heteroatoms. The number of rotatable bonds is 3. The van der Waals surface area contributed by atoms with Gasteiger partial charge in [-0.2, -0.15) is 5.10 Å². The highest BCUT2D eigenvalue weighted by Crippen LogP contribution is 2.22. The van der Waals surface area contributed by atoms with E-state index in [1.165, 1.54) is 24.2 Å². The second-order valence-corrected chi connectivity index (χ2v) is 4.65. The number of hydrogen-bond donors (Lipinski definition) is 1. The second kappa shape index (κ2) is 4.76. The molecule has 78 valence electrons. The van der Waals surface area contributed by atoms with Crippen LogP contribution in [0.5, 0.6) is 0 Å². The Hall–Kier alpha value is -0.880. The van der Waals surface area contributed by atoms with Crippen LogP contribution in [0.4, 0.5) is 4.39 Å². The topological polar surface area (TPSA) is 41.6 Å². The molecule has 0 unspecified atom stereocenters. The van der Waals surface area contributed by atoms with Crippen molar-refractivity contribution in [3.8, 4) is 0 Å². The summed E-state index contributed by atoms with van der Waals surface area (Å²) in [4.78, 5) is 3.98. The maximum absolute atomic E-state index is 12.9. The van der Waals surface area contributed by atoms with E-state index in [-0.39, 0.29) is 5.82 Å². The Labute approximate surface area is 98.6 Å². The quantitative estimate of drug-likeness (QED) is 0.883. The van der Waals surface area contributed by atoms with Crippen molar-refractivity contribution >= 4 is 27.7 Å². The molecule has 2 rings (SSSR count). The lowest BCUT2D eigenvalue weighted by Gasteiger charge is -2.00. The largest absolute Gasteiger partial charge is 0.254 e. The van der Waals surface area contributed by atoms with Gasteiger partial charge in [-0.3, -0.25) is 5.10 Å². The Morgan fingerprint density at radius 1 is 1.47 bits per heavy atom. The second-order valence-electron chi connectivity index (χ2n) is 2.83. The monoisotopic (exact) mass is 287 g/mol. The number of nitrogens with one attached hydrogen (secondary N) is 1. The zero-order chi connectivity index (χ0) is 10.7. The molecule has 0 saturated carbocycles. The van der Waals surface area contributed by atoms with Gasteiger partial charge in [-0.15, -0.1) is 0 Å². The third-order valence-corrected chi connectivity index (χ3v) is 3.31. The van der Waals surface area contributed by atoms with Crippen molar-refractivity contribution in [3.63, 3.8) is 0 Å². The average molecular weight is 288 g/mol. The lowest BCUT2D eigenvalue weighted by molar-refractivity contribution is 0.620. The highest BCUT2D eigenvalue weighted by Gasteiger charge is 2.02. The fraction of sp³-hybridized carbons (Fsp3) is 0.111. The van der Waals surface area contributed by atoms with Gasteiger partial charge in [0.05, 0.1) is 4.47 Å². The van der Waals surface area contributed by atoms with E-state index >= 15 is 0 Å². The van der Waals surface area contributed by atoms with E-state index < -0.39 is 0 Å². The summed E-state index contributed by atoms with van der Waals surface area (Å²) in [7, 11) is 0. The van der Waals surface area contributed by atoms with E-state index in [9.17, 15) is 4.39 Å². The first-order chi connectivity index (χ1) is 7.25. The molecule has 0 saturated heterocycles. The van der Waals surface area contributed by atoms with Gasteiger partial charge in [0.25, 0.3) is 0 Å². The third-order valence-electron chi connectivity index (χ3n) is 1.75. The van der Waals surface area contributed by atoms with Crippen molar-refractivity contribution in [1.29, 1.82) is 0 Å². The van der Waals surface area contributed by atoms with Crippen molar-refractivity contribution < 1.29 is 4.39 Å². The molecular weight excluding hydrogens is 281 g/mol. The Balaban J connectivity index is 2.02. The van der Waals surface area contributed by atoms with Gasteiger partial charge in [0.15, 0.2) is 5.16 Å². The molecule has 0 atom stereocenters. The van der Waals surface area contributed by atoms with Crippen molar-refractivity contribution in [3.05, 3.63) is 40.4 Å². The van der Waals surface area contributed by atoms with Crippen molar-refractivity contribution in [2.24, 2.45) is 0 Å². The molecule has 1 aromatic carbocycles. The van der Waals surface area contributed by atoms with E-state index in [0.717, 1.165) is 16.5 Å². The van der Waals surface area contributed by atoms with Crippen molar-refractivity contribution in [1.82, 2.24) is 15.2 Å². The molecule has 0 aliphatic heterocycles. The van der Waals surface area contributed by atoms with Gasteiger partial charge in [-0.1, -0.05) is 17.8 Å². The number of thioether (sulfide) groups is 1. The molecule has 0 amide bonds. The summed E-state index contributed by atoms with van der Waals surface area (Å²) >= 11 is 4.67. The summed E-state index contributed by atoms with van der Waals surface area (Å²) in [6.45, 7) is 0. The first-order valence-electron chi connectivity index (χ1n) is 4.18. The lowest BCUT2D eigenvalue weighted by Crippen LogP contribution is -1.84. The number of hydrogen-bond acceptors (Lipinski definition) is 3. The highest BCUT2D eigenvalue weighted by molar-refractivity contribution is 9.10. The molecule has 0 fully saturated rings. The summed E-state index contributed by atoms with van der Waals surface area (Å²) in [6.07, 6.45) is 1.46. The first-order valence-corrected chi connectivity index (χ1v) is 5.95. The van der Waals surface area contributed by atoms with E-state index in [1.807, 2.05) is 0 Å². The zero-order valence-corrected chi connectivity index (χ0v) is 9.98. The molecule has 0 aliphatic carbocycles. The van der Waals surface area contributed by atoms with Gasteiger partial charge in [0, 0.05) is 5.75 Å². The van der Waals surface area contributed by atoms with E-state index in [2.05, 4.69) is 31.1 Å². The fourth-order valence-electron chi connectivity index (χ4n) is 1.04. The van der Waals surface area contributed by atoms with Gasteiger partial charge in [0.1, 0.15) is 12.1 Å². The van der Waals surface area contributed by atoms with Gasteiger partial charge < -0.3 is 0 Å². The van der Waals surface area contributed by atoms with Crippen LogP contribution in [0.15, 0.2) is 34.2 Å². The molecule has 1 heterocycles. The number of benzene rings is 1. The van der Waals surface area contributed by atoms with Crippen molar-refractivity contribution in [2.75, 3.05) is 0 Å². The molecule has 0 bridgehead atoms. The normalized spacial score (nSPS) is 10.5. The van der Waals surface area contributed by atoms with Crippen LogP contribution < -0.4 is 0 Å². The summed E-state index contributed by atoms with van der Waals surface area (Å²) in [5.41, 5.74) is 1.03. The number of aromatic nitrogens is 3. The van der Waals surface area contributed by atoms with Gasteiger partial charge in [-0.05, 0) is 33.6 Å². The Bertz CT molecular complexity index is 447. The van der Waals surface area contributed by atoms with Gasteiger partial charge in [-0.25, -0.2) is 9.37 Å². The van der Waals surface area contributed by atoms with Crippen LogP contribution in [0.2, 0.25) is 0 Å². The van der Waals surface area contributed by atoms with Gasteiger partial charge >= 0.3 is 0 Å². The molecule has 1 aromatic heterocycles. The smallest absolute Gasteiger partial charge is 0.183 e. The maximum atomic E-state index is 12.9. The molecular formula is C9H7BrFN3S. The highest BCUT2D eigenvalue weighted by atomic mass is 79.9. The minimum atomic E-state index is -0.247. The molecule has 2 aromatic rings. The van der Waals surface area contributed by atoms with Crippen LogP contribution in [0, 0.1) is 5.82 Å². The molecule has 3 nitrogen and oxygen atoms in total. The van der Waals surface area contributed by atoms with Crippen molar-refractivity contribution in [2.45, 2.75) is 10.9 Å². The maximum Gasteiger partial charge on any atom is 0.183 e. The standard InChI is InChI=1S/C9H7BrFN3S/c10-7-3-6(1-2-8(7)11)4-15-9-12-5-13-14-9/h1-3,5H,4H2,(H,12,13,14). The van der Waals surface area contributed by atoms with Crippen LogP contribution >= 0.6 is 27.7 Å². The average Bonchev–Trinajstić information content (AvgIpc) is 2.73. The molecule has 15 heavy (non-hydrogen) atoms. The number of H-pyrrole nitrogens is 1. The van der Waals surface area contributed by atoms with E-state index in [1.54, 1.807) is 12.1 Å². The van der Waals surface area contributed by atoms with Crippen LogP contribution in [0.25, 0.3) is 0 Å². The predicted octanol–water partition coefficient (Wildman–Crippen LogP) is 3.00. The van der Waals surface area contributed by atoms with Gasteiger partial charge in [0.2, 0.25) is 0 Å². The predicted molar refractivity (Wildman–Crippen MR) is 60.0 cm³/mol.